The summed E-state index contributed by atoms with van der Waals surface area (Å²) in [7, 11) is 0. The summed E-state index contributed by atoms with van der Waals surface area (Å²) in [6.07, 6.45) is 0.284. The van der Waals surface area contributed by atoms with Crippen molar-refractivity contribution < 1.29 is 9.18 Å². The van der Waals surface area contributed by atoms with E-state index in [0.717, 1.165) is 11.1 Å². The van der Waals surface area contributed by atoms with Crippen LogP contribution < -0.4 is 5.32 Å². The van der Waals surface area contributed by atoms with E-state index in [4.69, 9.17) is 0 Å². The van der Waals surface area contributed by atoms with Crippen LogP contribution >= 0.6 is 11.3 Å². The average molecular weight is 376 g/mol. The molecule has 1 heterocycles. The van der Waals surface area contributed by atoms with Gasteiger partial charge >= 0.3 is 0 Å². The number of rotatable bonds is 5. The molecule has 0 fully saturated rings. The normalized spacial score (nSPS) is 11.0. The van der Waals surface area contributed by atoms with Crippen LogP contribution in [0.5, 0.6) is 0 Å². The molecular weight excluding hydrogens is 359 g/mol. The van der Waals surface area contributed by atoms with Crippen molar-refractivity contribution in [2.45, 2.75) is 12.3 Å². The van der Waals surface area contributed by atoms with Gasteiger partial charge in [0, 0.05) is 12.3 Å². The molecule has 0 atom stereocenters. The molecule has 134 valence electrons. The van der Waals surface area contributed by atoms with Crippen LogP contribution in [0, 0.1) is 5.82 Å². The van der Waals surface area contributed by atoms with Crippen molar-refractivity contribution in [2.75, 3.05) is 5.32 Å². The fourth-order valence-corrected chi connectivity index (χ4v) is 4.02. The Morgan fingerprint density at radius 1 is 0.926 bits per heavy atom. The first-order valence-corrected chi connectivity index (χ1v) is 9.47. The molecule has 1 aromatic heterocycles. The van der Waals surface area contributed by atoms with Crippen molar-refractivity contribution in [1.82, 2.24) is 4.98 Å². The van der Waals surface area contributed by atoms with Gasteiger partial charge in [0.15, 0.2) is 5.13 Å². The van der Waals surface area contributed by atoms with E-state index in [1.54, 1.807) is 12.1 Å². The topological polar surface area (TPSA) is 42.0 Å². The van der Waals surface area contributed by atoms with Gasteiger partial charge in [-0.2, -0.15) is 0 Å². The Bertz CT molecular complexity index is 1020. The zero-order chi connectivity index (χ0) is 18.6. The molecule has 0 bridgehead atoms. The molecule has 3 aromatic carbocycles. The number of nitrogens with one attached hydrogen (secondary N) is 1. The molecule has 0 unspecified atom stereocenters. The standard InChI is InChI=1S/C22H17FN2OS/c23-18-12-7-13-19-21(18)25-22(27-19)24-20(26)14-17(15-8-3-1-4-9-15)16-10-5-2-6-11-16/h1-13,17H,14H2,(H,24,25,26). The zero-order valence-corrected chi connectivity index (χ0v) is 15.2. The molecule has 0 aliphatic carbocycles. The molecule has 3 nitrogen and oxygen atoms in total. The highest BCUT2D eigenvalue weighted by molar-refractivity contribution is 7.22. The summed E-state index contributed by atoms with van der Waals surface area (Å²) in [5.74, 6) is -0.582. The second kappa shape index (κ2) is 7.68. The minimum atomic E-state index is -0.379. The third kappa shape index (κ3) is 3.88. The van der Waals surface area contributed by atoms with E-state index in [1.807, 2.05) is 60.7 Å². The summed E-state index contributed by atoms with van der Waals surface area (Å²) in [6.45, 7) is 0. The Labute approximate surface area is 160 Å². The number of carbonyl (C=O) groups excluding carboxylic acids is 1. The Balaban J connectivity index is 1.57. The van der Waals surface area contributed by atoms with Crippen LogP contribution in [0.3, 0.4) is 0 Å². The number of anilines is 1. The van der Waals surface area contributed by atoms with E-state index >= 15 is 0 Å². The molecule has 0 saturated carbocycles. The molecule has 0 aliphatic heterocycles. The quantitative estimate of drug-likeness (QED) is 0.493. The molecule has 0 aliphatic rings. The van der Waals surface area contributed by atoms with Crippen molar-refractivity contribution >= 4 is 32.6 Å². The third-order valence-electron chi connectivity index (χ3n) is 4.41. The molecule has 0 saturated heterocycles. The van der Waals surface area contributed by atoms with Gasteiger partial charge in [-0.25, -0.2) is 9.37 Å². The minimum absolute atomic E-state index is 0.0569. The summed E-state index contributed by atoms with van der Waals surface area (Å²) in [4.78, 5) is 16.9. The SMILES string of the molecule is O=C(CC(c1ccccc1)c1ccccc1)Nc1nc2c(F)cccc2s1. The van der Waals surface area contributed by atoms with Crippen molar-refractivity contribution in [2.24, 2.45) is 0 Å². The number of para-hydroxylation sites is 1. The molecular formula is C22H17FN2OS. The molecule has 4 rings (SSSR count). The van der Waals surface area contributed by atoms with Gasteiger partial charge in [0.1, 0.15) is 11.3 Å². The maximum atomic E-state index is 13.8. The predicted molar refractivity (Wildman–Crippen MR) is 108 cm³/mol. The van der Waals surface area contributed by atoms with Crippen molar-refractivity contribution in [3.63, 3.8) is 0 Å². The Morgan fingerprint density at radius 3 is 2.15 bits per heavy atom. The number of aromatic nitrogens is 1. The van der Waals surface area contributed by atoms with E-state index < -0.39 is 0 Å². The lowest BCUT2D eigenvalue weighted by Crippen LogP contribution is -2.16. The van der Waals surface area contributed by atoms with Crippen LogP contribution in [0.1, 0.15) is 23.5 Å². The lowest BCUT2D eigenvalue weighted by atomic mass is 9.88. The minimum Gasteiger partial charge on any atom is -0.302 e. The third-order valence-corrected chi connectivity index (χ3v) is 5.35. The van der Waals surface area contributed by atoms with Crippen molar-refractivity contribution in [1.29, 1.82) is 0 Å². The number of amides is 1. The van der Waals surface area contributed by atoms with E-state index in [2.05, 4.69) is 10.3 Å². The molecule has 0 radical (unpaired) electrons. The lowest BCUT2D eigenvalue weighted by molar-refractivity contribution is -0.116. The van der Waals surface area contributed by atoms with Gasteiger partial charge in [-0.05, 0) is 23.3 Å². The van der Waals surface area contributed by atoms with Gasteiger partial charge in [0.2, 0.25) is 5.91 Å². The number of carbonyl (C=O) groups is 1. The van der Waals surface area contributed by atoms with Gasteiger partial charge in [-0.1, -0.05) is 78.1 Å². The average Bonchev–Trinajstić information content (AvgIpc) is 3.11. The van der Waals surface area contributed by atoms with Gasteiger partial charge in [-0.3, -0.25) is 4.79 Å². The van der Waals surface area contributed by atoms with E-state index in [0.29, 0.717) is 15.3 Å². The van der Waals surface area contributed by atoms with E-state index in [-0.39, 0.29) is 24.1 Å². The highest BCUT2D eigenvalue weighted by Gasteiger charge is 2.19. The Morgan fingerprint density at radius 2 is 1.56 bits per heavy atom. The lowest BCUT2D eigenvalue weighted by Gasteiger charge is -2.17. The summed E-state index contributed by atoms with van der Waals surface area (Å²) in [5.41, 5.74) is 2.45. The van der Waals surface area contributed by atoms with E-state index in [1.165, 1.54) is 17.4 Å². The summed E-state index contributed by atoms with van der Waals surface area (Å²) >= 11 is 1.28. The van der Waals surface area contributed by atoms with Crippen molar-refractivity contribution in [3.05, 3.63) is 95.8 Å². The summed E-state index contributed by atoms with van der Waals surface area (Å²) in [5, 5.41) is 3.25. The van der Waals surface area contributed by atoms with E-state index in [9.17, 15) is 9.18 Å². The number of nitrogens with zero attached hydrogens (tertiary/aromatic N) is 1. The molecule has 5 heteroatoms. The number of fused-ring (bicyclic) bond motifs is 1. The van der Waals surface area contributed by atoms with Crippen LogP contribution in [0.2, 0.25) is 0 Å². The molecule has 4 aromatic rings. The Hall–Kier alpha value is -3.05. The summed E-state index contributed by atoms with van der Waals surface area (Å²) < 4.78 is 14.5. The fourth-order valence-electron chi connectivity index (χ4n) is 3.12. The number of benzene rings is 3. The van der Waals surface area contributed by atoms with Crippen LogP contribution in [-0.2, 0) is 4.79 Å². The number of halogens is 1. The van der Waals surface area contributed by atoms with Gasteiger partial charge in [0.25, 0.3) is 0 Å². The highest BCUT2D eigenvalue weighted by atomic mass is 32.1. The van der Waals surface area contributed by atoms with Crippen LogP contribution in [0.15, 0.2) is 78.9 Å². The first-order valence-electron chi connectivity index (χ1n) is 8.65. The molecule has 27 heavy (non-hydrogen) atoms. The maximum Gasteiger partial charge on any atom is 0.227 e. The van der Waals surface area contributed by atoms with Gasteiger partial charge < -0.3 is 5.32 Å². The van der Waals surface area contributed by atoms with Crippen LogP contribution in [0.4, 0.5) is 9.52 Å². The smallest absolute Gasteiger partial charge is 0.227 e. The maximum absolute atomic E-state index is 13.8. The number of hydrogen-bond donors (Lipinski definition) is 1. The second-order valence-electron chi connectivity index (χ2n) is 6.23. The summed E-state index contributed by atoms with van der Waals surface area (Å²) in [6, 6.07) is 24.7. The first-order chi connectivity index (χ1) is 13.2. The molecule has 0 spiro atoms. The van der Waals surface area contributed by atoms with Gasteiger partial charge in [0.05, 0.1) is 4.70 Å². The highest BCUT2D eigenvalue weighted by Crippen LogP contribution is 2.30. The second-order valence-corrected chi connectivity index (χ2v) is 7.26. The van der Waals surface area contributed by atoms with Crippen LogP contribution in [0.25, 0.3) is 10.2 Å². The fraction of sp³-hybridized carbons (Fsp3) is 0.0909. The first kappa shape index (κ1) is 17.4. The largest absolute Gasteiger partial charge is 0.302 e. The molecule has 1 N–H and O–H groups in total. The number of hydrogen-bond acceptors (Lipinski definition) is 3. The Kier molecular flexibility index (Phi) is 4.94. The predicted octanol–water partition coefficient (Wildman–Crippen LogP) is 5.60. The zero-order valence-electron chi connectivity index (χ0n) is 14.4. The number of thiazole rings is 1. The van der Waals surface area contributed by atoms with Gasteiger partial charge in [-0.15, -0.1) is 0 Å². The van der Waals surface area contributed by atoms with Crippen molar-refractivity contribution in [3.8, 4) is 0 Å². The molecule has 1 amide bonds. The monoisotopic (exact) mass is 376 g/mol. The van der Waals surface area contributed by atoms with Crippen LogP contribution in [-0.4, -0.2) is 10.9 Å².